The summed E-state index contributed by atoms with van der Waals surface area (Å²) < 4.78 is 5.18. The maximum Gasteiger partial charge on any atom is 0.0613 e. The van der Waals surface area contributed by atoms with Crippen molar-refractivity contribution in [1.82, 2.24) is 4.90 Å². The zero-order chi connectivity index (χ0) is 14.7. The van der Waals surface area contributed by atoms with Gasteiger partial charge in [0, 0.05) is 25.7 Å². The van der Waals surface area contributed by atoms with Crippen LogP contribution in [0.15, 0.2) is 24.3 Å². The molecule has 21 heavy (non-hydrogen) atoms. The van der Waals surface area contributed by atoms with Crippen LogP contribution in [-0.4, -0.2) is 43.8 Å². The Morgan fingerprint density at radius 1 is 1.29 bits per heavy atom. The molecule has 0 spiro atoms. The van der Waals surface area contributed by atoms with Crippen LogP contribution in [0.2, 0.25) is 0 Å². The lowest BCUT2D eigenvalue weighted by molar-refractivity contribution is 0.107. The van der Waals surface area contributed by atoms with E-state index in [2.05, 4.69) is 29.2 Å². The molecule has 1 aliphatic carbocycles. The number of hydrogen-bond acceptors (Lipinski definition) is 3. The summed E-state index contributed by atoms with van der Waals surface area (Å²) in [6.07, 6.45) is 6.20. The van der Waals surface area contributed by atoms with Crippen molar-refractivity contribution in [2.24, 2.45) is 11.7 Å². The molecule has 1 aliphatic heterocycles. The van der Waals surface area contributed by atoms with Gasteiger partial charge in [0.05, 0.1) is 6.61 Å². The quantitative estimate of drug-likeness (QED) is 0.903. The Morgan fingerprint density at radius 3 is 2.67 bits per heavy atom. The summed E-state index contributed by atoms with van der Waals surface area (Å²) in [5.41, 5.74) is 9.25. The molecular formula is C18H28N2O. The van der Waals surface area contributed by atoms with Gasteiger partial charge >= 0.3 is 0 Å². The molecule has 2 atom stereocenters. The number of fused-ring (bicyclic) bond motifs is 1. The van der Waals surface area contributed by atoms with E-state index in [9.17, 15) is 0 Å². The summed E-state index contributed by atoms with van der Waals surface area (Å²) in [5.74, 6) is 0.743. The van der Waals surface area contributed by atoms with Crippen molar-refractivity contribution in [3.05, 3.63) is 35.4 Å². The Balaban J connectivity index is 1.55. The first-order chi connectivity index (χ1) is 10.3. The SMILES string of the molecule is COCC(N)CC1CCCN(C2Cc3ccccc3C2)C1. The molecule has 3 heteroatoms. The van der Waals surface area contributed by atoms with E-state index in [0.717, 1.165) is 12.3 Å². The normalized spacial score (nSPS) is 25.0. The van der Waals surface area contributed by atoms with Crippen molar-refractivity contribution in [1.29, 1.82) is 0 Å². The summed E-state index contributed by atoms with van der Waals surface area (Å²) in [4.78, 5) is 2.72. The highest BCUT2D eigenvalue weighted by Gasteiger charge is 2.30. The van der Waals surface area contributed by atoms with Crippen LogP contribution in [0.3, 0.4) is 0 Å². The maximum atomic E-state index is 6.14. The highest BCUT2D eigenvalue weighted by atomic mass is 16.5. The molecule has 1 heterocycles. The Labute approximate surface area is 128 Å². The maximum absolute atomic E-state index is 6.14. The second kappa shape index (κ2) is 6.91. The van der Waals surface area contributed by atoms with E-state index in [1.54, 1.807) is 18.2 Å². The van der Waals surface area contributed by atoms with Gasteiger partial charge in [0.25, 0.3) is 0 Å². The average Bonchev–Trinajstić information content (AvgIpc) is 2.91. The number of benzene rings is 1. The highest BCUT2D eigenvalue weighted by Crippen LogP contribution is 2.29. The molecule has 116 valence electrons. The Kier molecular flexibility index (Phi) is 4.94. The van der Waals surface area contributed by atoms with E-state index >= 15 is 0 Å². The first-order valence-electron chi connectivity index (χ1n) is 8.31. The zero-order valence-electron chi connectivity index (χ0n) is 13.1. The molecule has 1 saturated heterocycles. The Bertz CT molecular complexity index is 437. The van der Waals surface area contributed by atoms with Crippen molar-refractivity contribution >= 4 is 0 Å². The van der Waals surface area contributed by atoms with Crippen LogP contribution in [0.1, 0.15) is 30.4 Å². The first kappa shape index (κ1) is 15.0. The standard InChI is InChI=1S/C18H28N2O/c1-21-13-17(19)9-14-5-4-8-20(12-14)18-10-15-6-2-3-7-16(15)11-18/h2-3,6-7,14,17-18H,4-5,8-13,19H2,1H3. The average molecular weight is 288 g/mol. The number of hydrogen-bond donors (Lipinski definition) is 1. The van der Waals surface area contributed by atoms with Gasteiger partial charge in [-0.05, 0) is 55.7 Å². The van der Waals surface area contributed by atoms with Gasteiger partial charge in [0.1, 0.15) is 0 Å². The van der Waals surface area contributed by atoms with Gasteiger partial charge in [0.15, 0.2) is 0 Å². The van der Waals surface area contributed by atoms with E-state index in [-0.39, 0.29) is 6.04 Å². The lowest BCUT2D eigenvalue weighted by atomic mass is 9.90. The van der Waals surface area contributed by atoms with Crippen molar-refractivity contribution in [2.75, 3.05) is 26.8 Å². The molecule has 3 rings (SSSR count). The summed E-state index contributed by atoms with van der Waals surface area (Å²) in [5, 5.41) is 0. The van der Waals surface area contributed by atoms with E-state index < -0.39 is 0 Å². The molecule has 0 amide bonds. The molecule has 0 bridgehead atoms. The fraction of sp³-hybridized carbons (Fsp3) is 0.667. The molecule has 2 N–H and O–H groups in total. The largest absolute Gasteiger partial charge is 0.383 e. The van der Waals surface area contributed by atoms with E-state index in [1.165, 1.54) is 38.8 Å². The number of nitrogens with zero attached hydrogens (tertiary/aromatic N) is 1. The molecule has 2 unspecified atom stereocenters. The zero-order valence-corrected chi connectivity index (χ0v) is 13.1. The predicted octanol–water partition coefficient (Wildman–Crippen LogP) is 2.23. The number of rotatable bonds is 5. The third kappa shape index (κ3) is 3.65. The monoisotopic (exact) mass is 288 g/mol. The van der Waals surface area contributed by atoms with Gasteiger partial charge < -0.3 is 10.5 Å². The van der Waals surface area contributed by atoms with Crippen molar-refractivity contribution in [2.45, 2.75) is 44.2 Å². The molecule has 2 aliphatic rings. The third-order valence-corrected chi connectivity index (χ3v) is 5.11. The number of piperidine rings is 1. The minimum Gasteiger partial charge on any atom is -0.383 e. The van der Waals surface area contributed by atoms with Crippen LogP contribution in [0.5, 0.6) is 0 Å². The number of methoxy groups -OCH3 is 1. The van der Waals surface area contributed by atoms with Crippen LogP contribution in [0, 0.1) is 5.92 Å². The first-order valence-corrected chi connectivity index (χ1v) is 8.31. The molecule has 3 nitrogen and oxygen atoms in total. The van der Waals surface area contributed by atoms with Gasteiger partial charge in [-0.1, -0.05) is 24.3 Å². The van der Waals surface area contributed by atoms with E-state index in [0.29, 0.717) is 12.6 Å². The van der Waals surface area contributed by atoms with Crippen molar-refractivity contribution < 1.29 is 4.74 Å². The highest BCUT2D eigenvalue weighted by molar-refractivity contribution is 5.33. The lowest BCUT2D eigenvalue weighted by Crippen LogP contribution is -2.44. The summed E-state index contributed by atoms with van der Waals surface area (Å²) in [7, 11) is 1.74. The smallest absolute Gasteiger partial charge is 0.0613 e. The molecule has 1 fully saturated rings. The second-order valence-electron chi connectivity index (χ2n) is 6.79. The van der Waals surface area contributed by atoms with Crippen molar-refractivity contribution in [3.63, 3.8) is 0 Å². The second-order valence-corrected chi connectivity index (χ2v) is 6.79. The molecule has 1 aromatic rings. The molecule has 0 aromatic heterocycles. The number of ether oxygens (including phenoxy) is 1. The third-order valence-electron chi connectivity index (χ3n) is 5.11. The van der Waals surface area contributed by atoms with Crippen LogP contribution < -0.4 is 5.73 Å². The summed E-state index contributed by atoms with van der Waals surface area (Å²) in [6.45, 7) is 3.16. The number of likely N-dealkylation sites (tertiary alicyclic amines) is 1. The Morgan fingerprint density at radius 2 is 2.00 bits per heavy atom. The molecule has 1 aromatic carbocycles. The molecular weight excluding hydrogens is 260 g/mol. The predicted molar refractivity (Wildman–Crippen MR) is 86.4 cm³/mol. The Hall–Kier alpha value is -0.900. The molecule has 0 saturated carbocycles. The van der Waals surface area contributed by atoms with Crippen LogP contribution >= 0.6 is 0 Å². The minimum absolute atomic E-state index is 0.195. The van der Waals surface area contributed by atoms with Crippen LogP contribution in [0.4, 0.5) is 0 Å². The van der Waals surface area contributed by atoms with Gasteiger partial charge in [-0.2, -0.15) is 0 Å². The van der Waals surface area contributed by atoms with Gasteiger partial charge in [-0.3, -0.25) is 4.90 Å². The van der Waals surface area contributed by atoms with E-state index in [1.807, 2.05) is 0 Å². The summed E-state index contributed by atoms with van der Waals surface area (Å²) >= 11 is 0. The van der Waals surface area contributed by atoms with Crippen LogP contribution in [0.25, 0.3) is 0 Å². The fourth-order valence-electron chi connectivity index (χ4n) is 4.13. The minimum atomic E-state index is 0.195. The molecule has 0 radical (unpaired) electrons. The van der Waals surface area contributed by atoms with Gasteiger partial charge in [-0.25, -0.2) is 0 Å². The summed E-state index contributed by atoms with van der Waals surface area (Å²) in [6, 6.07) is 9.84. The lowest BCUT2D eigenvalue weighted by Gasteiger charge is -2.37. The van der Waals surface area contributed by atoms with E-state index in [4.69, 9.17) is 10.5 Å². The van der Waals surface area contributed by atoms with Gasteiger partial charge in [0.2, 0.25) is 0 Å². The fourth-order valence-corrected chi connectivity index (χ4v) is 4.13. The van der Waals surface area contributed by atoms with Crippen molar-refractivity contribution in [3.8, 4) is 0 Å². The number of nitrogens with two attached hydrogens (primary N) is 1. The van der Waals surface area contributed by atoms with Gasteiger partial charge in [-0.15, -0.1) is 0 Å². The van der Waals surface area contributed by atoms with Crippen LogP contribution in [-0.2, 0) is 17.6 Å². The topological polar surface area (TPSA) is 38.5 Å².